The topological polar surface area (TPSA) is 3.24 Å². The molecular weight excluding hydrogens is 448 g/mol. The molecule has 0 bridgehead atoms. The summed E-state index contributed by atoms with van der Waals surface area (Å²) in [6.07, 6.45) is 0. The molecule has 0 fully saturated rings. The van der Waals surface area contributed by atoms with Crippen molar-refractivity contribution in [3.05, 3.63) is 66.8 Å². The van der Waals surface area contributed by atoms with E-state index in [0.717, 1.165) is 13.1 Å². The molecule has 0 saturated carbocycles. The van der Waals surface area contributed by atoms with Gasteiger partial charge in [-0.2, -0.15) is 0 Å². The maximum absolute atomic E-state index is 2.40. The molecule has 18 heavy (non-hydrogen) atoms. The monoisotopic (exact) mass is 463 g/mol. The zero-order valence-corrected chi connectivity index (χ0v) is 14.6. The Balaban J connectivity index is 2.04. The molecule has 0 N–H and O–H groups in total. The molecule has 0 aliphatic rings. The standard InChI is InChI=1S/C15H15I2N/c1-18(10-12-6-2-4-8-14(12)16)11-13-7-3-5-9-15(13)17/h2-9H,10-11H2,1H3. The Hall–Kier alpha value is -0.140. The quantitative estimate of drug-likeness (QED) is 0.603. The fourth-order valence-electron chi connectivity index (χ4n) is 1.89. The highest BCUT2D eigenvalue weighted by Crippen LogP contribution is 2.17. The van der Waals surface area contributed by atoms with Gasteiger partial charge in [-0.15, -0.1) is 0 Å². The molecule has 2 rings (SSSR count). The number of hydrogen-bond acceptors (Lipinski definition) is 1. The zero-order valence-electron chi connectivity index (χ0n) is 10.2. The van der Waals surface area contributed by atoms with Gasteiger partial charge in [0.15, 0.2) is 0 Å². The van der Waals surface area contributed by atoms with E-state index in [0.29, 0.717) is 0 Å². The van der Waals surface area contributed by atoms with Crippen LogP contribution in [0.25, 0.3) is 0 Å². The van der Waals surface area contributed by atoms with Gasteiger partial charge in [0, 0.05) is 20.2 Å². The highest BCUT2D eigenvalue weighted by Gasteiger charge is 2.06. The lowest BCUT2D eigenvalue weighted by molar-refractivity contribution is 0.317. The van der Waals surface area contributed by atoms with Gasteiger partial charge < -0.3 is 0 Å². The lowest BCUT2D eigenvalue weighted by Crippen LogP contribution is -2.18. The minimum absolute atomic E-state index is 0.990. The lowest BCUT2D eigenvalue weighted by atomic mass is 10.2. The Morgan fingerprint density at radius 1 is 0.778 bits per heavy atom. The molecule has 0 atom stereocenters. The number of rotatable bonds is 4. The first kappa shape index (κ1) is 14.3. The van der Waals surface area contributed by atoms with Gasteiger partial charge >= 0.3 is 0 Å². The largest absolute Gasteiger partial charge is 0.298 e. The van der Waals surface area contributed by atoms with E-state index in [-0.39, 0.29) is 0 Å². The van der Waals surface area contributed by atoms with Crippen LogP contribution in [0.3, 0.4) is 0 Å². The Bertz CT molecular complexity index is 478. The summed E-state index contributed by atoms with van der Waals surface area (Å²) < 4.78 is 2.68. The molecule has 0 radical (unpaired) electrons. The maximum atomic E-state index is 2.40. The molecule has 0 aromatic heterocycles. The maximum Gasteiger partial charge on any atom is 0.0244 e. The van der Waals surface area contributed by atoms with E-state index in [1.165, 1.54) is 18.3 Å². The molecule has 2 aromatic rings. The third-order valence-corrected chi connectivity index (χ3v) is 4.90. The molecule has 0 heterocycles. The van der Waals surface area contributed by atoms with E-state index in [9.17, 15) is 0 Å². The fourth-order valence-corrected chi connectivity index (χ4v) is 3.01. The van der Waals surface area contributed by atoms with Crippen LogP contribution in [0, 0.1) is 7.14 Å². The smallest absolute Gasteiger partial charge is 0.0244 e. The van der Waals surface area contributed by atoms with Gasteiger partial charge in [0.05, 0.1) is 0 Å². The van der Waals surface area contributed by atoms with Gasteiger partial charge in [0.25, 0.3) is 0 Å². The fraction of sp³-hybridized carbons (Fsp3) is 0.200. The molecule has 0 aliphatic carbocycles. The Morgan fingerprint density at radius 3 is 1.56 bits per heavy atom. The van der Waals surface area contributed by atoms with Crippen LogP contribution in [-0.2, 0) is 13.1 Å². The van der Waals surface area contributed by atoms with Crippen LogP contribution in [0.15, 0.2) is 48.5 Å². The first-order valence-corrected chi connectivity index (χ1v) is 7.98. The average molecular weight is 463 g/mol. The van der Waals surface area contributed by atoms with Crippen molar-refractivity contribution < 1.29 is 0 Å². The summed E-state index contributed by atoms with van der Waals surface area (Å²) in [7, 11) is 2.17. The summed E-state index contributed by atoms with van der Waals surface area (Å²) in [6.45, 7) is 1.98. The van der Waals surface area contributed by atoms with E-state index in [2.05, 4.69) is 106 Å². The third-order valence-electron chi connectivity index (χ3n) is 2.80. The second kappa shape index (κ2) is 6.86. The first-order valence-electron chi connectivity index (χ1n) is 5.82. The minimum atomic E-state index is 0.990. The number of benzene rings is 2. The molecule has 1 nitrogen and oxygen atoms in total. The molecule has 94 valence electrons. The predicted molar refractivity (Wildman–Crippen MR) is 93.5 cm³/mol. The molecule has 0 amide bonds. The van der Waals surface area contributed by atoms with Gasteiger partial charge in [-0.3, -0.25) is 4.90 Å². The average Bonchev–Trinajstić information content (AvgIpc) is 2.35. The van der Waals surface area contributed by atoms with Crippen molar-refractivity contribution in [2.45, 2.75) is 13.1 Å². The highest BCUT2D eigenvalue weighted by molar-refractivity contribution is 14.1. The normalized spacial score (nSPS) is 10.9. The zero-order chi connectivity index (χ0) is 13.0. The van der Waals surface area contributed by atoms with E-state index < -0.39 is 0 Å². The van der Waals surface area contributed by atoms with Crippen LogP contribution in [0.2, 0.25) is 0 Å². The van der Waals surface area contributed by atoms with Gasteiger partial charge in [-0.05, 0) is 75.5 Å². The van der Waals surface area contributed by atoms with Gasteiger partial charge in [-0.25, -0.2) is 0 Å². The molecule has 3 heteroatoms. The summed E-state index contributed by atoms with van der Waals surface area (Å²) in [6, 6.07) is 17.1. The lowest BCUT2D eigenvalue weighted by Gasteiger charge is -2.18. The Morgan fingerprint density at radius 2 is 1.17 bits per heavy atom. The minimum Gasteiger partial charge on any atom is -0.298 e. The van der Waals surface area contributed by atoms with Gasteiger partial charge in [-0.1, -0.05) is 36.4 Å². The van der Waals surface area contributed by atoms with Crippen molar-refractivity contribution in [1.82, 2.24) is 4.90 Å². The first-order chi connectivity index (χ1) is 8.66. The van der Waals surface area contributed by atoms with E-state index in [1.54, 1.807) is 0 Å². The second-order valence-electron chi connectivity index (χ2n) is 4.36. The van der Waals surface area contributed by atoms with Crippen molar-refractivity contribution in [2.75, 3.05) is 7.05 Å². The van der Waals surface area contributed by atoms with Crippen LogP contribution >= 0.6 is 45.2 Å². The molecule has 0 spiro atoms. The Kier molecular flexibility index (Phi) is 5.44. The van der Waals surface area contributed by atoms with Crippen molar-refractivity contribution in [1.29, 1.82) is 0 Å². The van der Waals surface area contributed by atoms with Gasteiger partial charge in [0.1, 0.15) is 0 Å². The summed E-state index contributed by atoms with van der Waals surface area (Å²) in [5.74, 6) is 0. The molecule has 0 saturated heterocycles. The molecule has 0 aliphatic heterocycles. The molecular formula is C15H15I2N. The van der Waals surface area contributed by atoms with Crippen LogP contribution in [-0.4, -0.2) is 11.9 Å². The molecule has 0 unspecified atom stereocenters. The number of hydrogen-bond donors (Lipinski definition) is 0. The van der Waals surface area contributed by atoms with Crippen LogP contribution < -0.4 is 0 Å². The Labute approximate surface area is 136 Å². The summed E-state index contributed by atoms with van der Waals surface area (Å²) in [5, 5.41) is 0. The number of halogens is 2. The highest BCUT2D eigenvalue weighted by atomic mass is 127. The SMILES string of the molecule is CN(Cc1ccccc1I)Cc1ccccc1I. The summed E-state index contributed by atoms with van der Waals surface area (Å²) >= 11 is 4.81. The predicted octanol–water partition coefficient (Wildman–Crippen LogP) is 4.53. The molecule has 2 aromatic carbocycles. The van der Waals surface area contributed by atoms with E-state index in [1.807, 2.05) is 0 Å². The van der Waals surface area contributed by atoms with E-state index >= 15 is 0 Å². The van der Waals surface area contributed by atoms with Crippen molar-refractivity contribution >= 4 is 45.2 Å². The summed E-state index contributed by atoms with van der Waals surface area (Å²) in [4.78, 5) is 2.36. The number of nitrogens with zero attached hydrogens (tertiary/aromatic N) is 1. The van der Waals surface area contributed by atoms with Crippen molar-refractivity contribution in [3.63, 3.8) is 0 Å². The van der Waals surface area contributed by atoms with Crippen LogP contribution in [0.4, 0.5) is 0 Å². The van der Waals surface area contributed by atoms with Crippen molar-refractivity contribution in [3.8, 4) is 0 Å². The van der Waals surface area contributed by atoms with Gasteiger partial charge in [0.2, 0.25) is 0 Å². The van der Waals surface area contributed by atoms with Crippen LogP contribution in [0.1, 0.15) is 11.1 Å². The second-order valence-corrected chi connectivity index (χ2v) is 6.68. The van der Waals surface area contributed by atoms with E-state index in [4.69, 9.17) is 0 Å². The third kappa shape index (κ3) is 3.93. The van der Waals surface area contributed by atoms with Crippen LogP contribution in [0.5, 0.6) is 0 Å². The summed E-state index contributed by atoms with van der Waals surface area (Å²) in [5.41, 5.74) is 2.79. The van der Waals surface area contributed by atoms with Crippen molar-refractivity contribution in [2.24, 2.45) is 0 Å².